The van der Waals surface area contributed by atoms with Gasteiger partial charge in [0.25, 0.3) is 5.69 Å². The number of nitrogens with one attached hydrogen (secondary N) is 1. The summed E-state index contributed by atoms with van der Waals surface area (Å²) in [7, 11) is 1.88. The van der Waals surface area contributed by atoms with Gasteiger partial charge in [0.2, 0.25) is 0 Å². The maximum atomic E-state index is 10.9. The van der Waals surface area contributed by atoms with E-state index in [4.69, 9.17) is 11.6 Å². The molecular formula is C21H21ClN4O2. The minimum absolute atomic E-state index is 0.0795. The Kier molecular flexibility index (Phi) is 5.15. The highest BCUT2D eigenvalue weighted by atomic mass is 35.5. The molecule has 28 heavy (non-hydrogen) atoms. The summed E-state index contributed by atoms with van der Waals surface area (Å²) < 4.78 is 1.78. The largest absolute Gasteiger partial charge is 0.305 e. The van der Waals surface area contributed by atoms with Crippen molar-refractivity contribution in [3.63, 3.8) is 0 Å². The summed E-state index contributed by atoms with van der Waals surface area (Å²) in [4.78, 5) is 10.5. The molecule has 0 aliphatic heterocycles. The molecule has 0 spiro atoms. The number of aromatic nitrogens is 2. The number of hydrogen-bond acceptors (Lipinski definition) is 4. The molecule has 0 saturated heterocycles. The SMILES string of the molecule is Cn1cc(CNC(c2ccc(Cl)cc2)C2CC2)c(-c2ccc([N+](=O)[O-])cc2)n1. The second kappa shape index (κ2) is 7.73. The van der Waals surface area contributed by atoms with Gasteiger partial charge in [0.1, 0.15) is 0 Å². The van der Waals surface area contributed by atoms with Gasteiger partial charge in [0, 0.05) is 54.1 Å². The fraction of sp³-hybridized carbons (Fsp3) is 0.286. The van der Waals surface area contributed by atoms with Crippen molar-refractivity contribution in [3.8, 4) is 11.3 Å². The lowest BCUT2D eigenvalue weighted by Crippen LogP contribution is -2.22. The summed E-state index contributed by atoms with van der Waals surface area (Å²) >= 11 is 6.03. The first-order chi connectivity index (χ1) is 13.5. The van der Waals surface area contributed by atoms with Gasteiger partial charge in [-0.05, 0) is 48.6 Å². The first kappa shape index (κ1) is 18.7. The number of hydrogen-bond donors (Lipinski definition) is 1. The summed E-state index contributed by atoms with van der Waals surface area (Å²) in [5.74, 6) is 0.640. The predicted octanol–water partition coefficient (Wildman–Crippen LogP) is 4.89. The number of rotatable bonds is 7. The Hall–Kier alpha value is -2.70. The van der Waals surface area contributed by atoms with Crippen molar-refractivity contribution < 1.29 is 4.92 Å². The highest BCUT2D eigenvalue weighted by Crippen LogP contribution is 2.41. The third-order valence-electron chi connectivity index (χ3n) is 5.09. The first-order valence-electron chi connectivity index (χ1n) is 9.27. The van der Waals surface area contributed by atoms with Gasteiger partial charge in [0.05, 0.1) is 10.6 Å². The molecule has 2 aromatic carbocycles. The quantitative estimate of drug-likeness (QED) is 0.456. The number of aryl methyl sites for hydroxylation is 1. The van der Waals surface area contributed by atoms with Gasteiger partial charge < -0.3 is 5.32 Å². The average molecular weight is 397 g/mol. The number of benzene rings is 2. The molecule has 1 unspecified atom stereocenters. The lowest BCUT2D eigenvalue weighted by atomic mass is 10.0. The fourth-order valence-electron chi connectivity index (χ4n) is 3.53. The zero-order valence-electron chi connectivity index (χ0n) is 15.5. The van der Waals surface area contributed by atoms with Gasteiger partial charge in [-0.3, -0.25) is 14.8 Å². The van der Waals surface area contributed by atoms with E-state index in [0.29, 0.717) is 12.5 Å². The van der Waals surface area contributed by atoms with Crippen LogP contribution < -0.4 is 5.32 Å². The van der Waals surface area contributed by atoms with Crippen LogP contribution in [0.1, 0.15) is 30.0 Å². The van der Waals surface area contributed by atoms with Crippen LogP contribution in [0.25, 0.3) is 11.3 Å². The molecule has 4 rings (SSSR count). The number of nitro groups is 1. The van der Waals surface area contributed by atoms with Crippen molar-refractivity contribution in [2.75, 3.05) is 0 Å². The predicted molar refractivity (Wildman–Crippen MR) is 109 cm³/mol. The summed E-state index contributed by atoms with van der Waals surface area (Å²) in [6.07, 6.45) is 4.45. The number of non-ortho nitro benzene ring substituents is 1. The molecule has 1 heterocycles. The molecule has 0 amide bonds. The van der Waals surface area contributed by atoms with E-state index < -0.39 is 4.92 Å². The van der Waals surface area contributed by atoms with Crippen LogP contribution in [0.15, 0.2) is 54.7 Å². The molecule has 1 saturated carbocycles. The summed E-state index contributed by atoms with van der Waals surface area (Å²) in [6.45, 7) is 0.671. The molecular weight excluding hydrogens is 376 g/mol. The van der Waals surface area contributed by atoms with E-state index in [0.717, 1.165) is 21.8 Å². The van der Waals surface area contributed by atoms with E-state index in [1.807, 2.05) is 25.4 Å². The van der Waals surface area contributed by atoms with Gasteiger partial charge >= 0.3 is 0 Å². The average Bonchev–Trinajstić information content (AvgIpc) is 3.45. The molecule has 7 heteroatoms. The number of nitro benzene ring substituents is 1. The molecule has 1 atom stereocenters. The Morgan fingerprint density at radius 2 is 1.89 bits per heavy atom. The maximum absolute atomic E-state index is 10.9. The number of nitrogens with zero attached hydrogens (tertiary/aromatic N) is 3. The summed E-state index contributed by atoms with van der Waals surface area (Å²) in [6, 6.07) is 14.8. The van der Waals surface area contributed by atoms with Crippen LogP contribution in [0.2, 0.25) is 5.02 Å². The molecule has 1 N–H and O–H groups in total. The van der Waals surface area contributed by atoms with E-state index >= 15 is 0 Å². The van der Waals surface area contributed by atoms with Crippen LogP contribution in [-0.2, 0) is 13.6 Å². The van der Waals surface area contributed by atoms with Crippen LogP contribution >= 0.6 is 11.6 Å². The number of halogens is 1. The van der Waals surface area contributed by atoms with Crippen LogP contribution in [0.3, 0.4) is 0 Å². The van der Waals surface area contributed by atoms with Crippen LogP contribution in [0.4, 0.5) is 5.69 Å². The van der Waals surface area contributed by atoms with Crippen molar-refractivity contribution in [1.82, 2.24) is 15.1 Å². The molecule has 144 valence electrons. The van der Waals surface area contributed by atoms with Gasteiger partial charge in [-0.1, -0.05) is 23.7 Å². The highest BCUT2D eigenvalue weighted by molar-refractivity contribution is 6.30. The van der Waals surface area contributed by atoms with E-state index in [1.54, 1.807) is 16.8 Å². The summed E-state index contributed by atoms with van der Waals surface area (Å²) in [5, 5.41) is 19.9. The maximum Gasteiger partial charge on any atom is 0.269 e. The Labute approximate surface area is 168 Å². The second-order valence-corrected chi connectivity index (χ2v) is 7.66. The van der Waals surface area contributed by atoms with Gasteiger partial charge in [0.15, 0.2) is 0 Å². The third kappa shape index (κ3) is 4.08. The van der Waals surface area contributed by atoms with E-state index in [-0.39, 0.29) is 11.7 Å². The van der Waals surface area contributed by atoms with Crippen molar-refractivity contribution in [3.05, 3.63) is 81.0 Å². The van der Waals surface area contributed by atoms with Gasteiger partial charge in [-0.25, -0.2) is 0 Å². The summed E-state index contributed by atoms with van der Waals surface area (Å²) in [5.41, 5.74) is 4.10. The molecule has 0 bridgehead atoms. The molecule has 6 nitrogen and oxygen atoms in total. The minimum Gasteiger partial charge on any atom is -0.305 e. The molecule has 0 radical (unpaired) electrons. The lowest BCUT2D eigenvalue weighted by Gasteiger charge is -2.19. The topological polar surface area (TPSA) is 73.0 Å². The zero-order chi connectivity index (χ0) is 19.7. The Balaban J connectivity index is 1.54. The molecule has 1 aromatic heterocycles. The molecule has 1 aliphatic carbocycles. The van der Waals surface area contributed by atoms with Crippen molar-refractivity contribution >= 4 is 17.3 Å². The van der Waals surface area contributed by atoms with E-state index in [2.05, 4.69) is 22.5 Å². The Morgan fingerprint density at radius 3 is 2.50 bits per heavy atom. The normalized spacial score (nSPS) is 14.8. The molecule has 1 aliphatic rings. The lowest BCUT2D eigenvalue weighted by molar-refractivity contribution is -0.384. The van der Waals surface area contributed by atoms with Crippen LogP contribution in [-0.4, -0.2) is 14.7 Å². The van der Waals surface area contributed by atoms with E-state index in [9.17, 15) is 10.1 Å². The molecule has 3 aromatic rings. The second-order valence-electron chi connectivity index (χ2n) is 7.23. The van der Waals surface area contributed by atoms with Crippen molar-refractivity contribution in [2.24, 2.45) is 13.0 Å². The van der Waals surface area contributed by atoms with Crippen LogP contribution in [0.5, 0.6) is 0 Å². The Morgan fingerprint density at radius 1 is 1.21 bits per heavy atom. The minimum atomic E-state index is -0.392. The van der Waals surface area contributed by atoms with E-state index in [1.165, 1.54) is 30.5 Å². The Bertz CT molecular complexity index is 979. The highest BCUT2D eigenvalue weighted by Gasteiger charge is 2.32. The van der Waals surface area contributed by atoms with Gasteiger partial charge in [-0.15, -0.1) is 0 Å². The fourth-order valence-corrected chi connectivity index (χ4v) is 3.65. The van der Waals surface area contributed by atoms with Crippen molar-refractivity contribution in [1.29, 1.82) is 0 Å². The van der Waals surface area contributed by atoms with Crippen LogP contribution in [0, 0.1) is 16.0 Å². The van der Waals surface area contributed by atoms with Crippen molar-refractivity contribution in [2.45, 2.75) is 25.4 Å². The van der Waals surface area contributed by atoms with Gasteiger partial charge in [-0.2, -0.15) is 5.10 Å². The standard InChI is InChI=1S/C21H21ClN4O2/c1-25-13-17(21(24-25)16-6-10-19(11-7-16)26(27)28)12-23-20(14-2-3-14)15-4-8-18(22)9-5-15/h4-11,13-14,20,23H,2-3,12H2,1H3. The third-order valence-corrected chi connectivity index (χ3v) is 5.34. The smallest absolute Gasteiger partial charge is 0.269 e. The first-order valence-corrected chi connectivity index (χ1v) is 9.65. The molecule has 1 fully saturated rings. The zero-order valence-corrected chi connectivity index (χ0v) is 16.3. The monoisotopic (exact) mass is 396 g/mol.